The lowest BCUT2D eigenvalue weighted by Gasteiger charge is -2.22. The van der Waals surface area contributed by atoms with E-state index in [1.807, 2.05) is 12.1 Å². The van der Waals surface area contributed by atoms with Gasteiger partial charge in [-0.1, -0.05) is 31.4 Å². The molecule has 0 saturated heterocycles. The molecular weight excluding hydrogens is 281 g/mol. The van der Waals surface area contributed by atoms with Gasteiger partial charge in [0, 0.05) is 12.0 Å². The van der Waals surface area contributed by atoms with Crippen LogP contribution in [0.25, 0.3) is 0 Å². The Morgan fingerprint density at radius 2 is 1.86 bits per heavy atom. The maximum absolute atomic E-state index is 13.0. The quantitative estimate of drug-likeness (QED) is 0.875. The molecule has 0 aliphatic heterocycles. The number of carbonyl (C=O) groups excluding carboxylic acids is 1. The maximum atomic E-state index is 13.0. The molecule has 3 rings (SSSR count). The molecule has 4 heteroatoms. The summed E-state index contributed by atoms with van der Waals surface area (Å²) in [6, 6.07) is 6.63. The molecule has 2 aliphatic carbocycles. The van der Waals surface area contributed by atoms with E-state index in [0.29, 0.717) is 6.54 Å². The third-order valence-corrected chi connectivity index (χ3v) is 4.94. The van der Waals surface area contributed by atoms with Gasteiger partial charge in [-0.2, -0.15) is 0 Å². The van der Waals surface area contributed by atoms with Crippen molar-refractivity contribution in [1.29, 1.82) is 0 Å². The fraction of sp³-hybridized carbons (Fsp3) is 0.611. The normalized spacial score (nSPS) is 20.6. The second kappa shape index (κ2) is 6.78. The number of carbonyl (C=O) groups is 1. The Morgan fingerprint density at radius 1 is 1.18 bits per heavy atom. The van der Waals surface area contributed by atoms with Crippen LogP contribution in [0.3, 0.4) is 0 Å². The fourth-order valence-corrected chi connectivity index (χ4v) is 3.27. The number of hydrogen-bond acceptors (Lipinski definition) is 2. The highest BCUT2D eigenvalue weighted by Gasteiger charge is 2.44. The van der Waals surface area contributed by atoms with Crippen molar-refractivity contribution in [1.82, 2.24) is 5.32 Å². The van der Waals surface area contributed by atoms with E-state index in [0.717, 1.165) is 31.2 Å². The lowest BCUT2D eigenvalue weighted by molar-refractivity contribution is -0.128. The van der Waals surface area contributed by atoms with Crippen LogP contribution in [0.5, 0.6) is 0 Å². The standard InChI is InChI=1S/C18H24FNO2/c19-15-8-6-14(7-9-15)18(10-11-18)13-20-17(21)12-22-16-4-2-1-3-5-16/h6-9,16H,1-5,10-13H2,(H,20,21). The van der Waals surface area contributed by atoms with E-state index in [2.05, 4.69) is 5.32 Å². The second-order valence-corrected chi connectivity index (χ2v) is 6.63. The Kier molecular flexibility index (Phi) is 4.77. The average molecular weight is 305 g/mol. The van der Waals surface area contributed by atoms with Gasteiger partial charge in [0.25, 0.3) is 0 Å². The minimum atomic E-state index is -0.218. The van der Waals surface area contributed by atoms with Crippen LogP contribution >= 0.6 is 0 Å². The number of ether oxygens (including phenoxy) is 1. The van der Waals surface area contributed by atoms with Crippen molar-refractivity contribution in [3.63, 3.8) is 0 Å². The first-order valence-electron chi connectivity index (χ1n) is 8.32. The molecule has 2 fully saturated rings. The van der Waals surface area contributed by atoms with E-state index in [4.69, 9.17) is 4.74 Å². The zero-order valence-corrected chi connectivity index (χ0v) is 12.9. The molecule has 0 unspecified atom stereocenters. The summed E-state index contributed by atoms with van der Waals surface area (Å²) in [5, 5.41) is 2.98. The molecule has 0 atom stereocenters. The Morgan fingerprint density at radius 3 is 2.50 bits per heavy atom. The summed E-state index contributed by atoms with van der Waals surface area (Å²) >= 11 is 0. The molecule has 0 radical (unpaired) electrons. The molecule has 0 aromatic heterocycles. The number of rotatable bonds is 6. The molecule has 0 spiro atoms. The summed E-state index contributed by atoms with van der Waals surface area (Å²) in [7, 11) is 0. The van der Waals surface area contributed by atoms with Gasteiger partial charge in [0.2, 0.25) is 5.91 Å². The molecule has 2 aliphatic rings. The van der Waals surface area contributed by atoms with Crippen molar-refractivity contribution in [3.8, 4) is 0 Å². The molecule has 120 valence electrons. The van der Waals surface area contributed by atoms with Gasteiger partial charge in [-0.15, -0.1) is 0 Å². The van der Waals surface area contributed by atoms with Gasteiger partial charge in [-0.25, -0.2) is 4.39 Å². The lowest BCUT2D eigenvalue weighted by Crippen LogP contribution is -2.35. The van der Waals surface area contributed by atoms with Gasteiger partial charge < -0.3 is 10.1 Å². The predicted molar refractivity (Wildman–Crippen MR) is 83.1 cm³/mol. The Hall–Kier alpha value is -1.42. The van der Waals surface area contributed by atoms with Crippen LogP contribution in [0.4, 0.5) is 4.39 Å². The van der Waals surface area contributed by atoms with Gasteiger partial charge >= 0.3 is 0 Å². The van der Waals surface area contributed by atoms with Crippen molar-refractivity contribution in [2.75, 3.05) is 13.2 Å². The smallest absolute Gasteiger partial charge is 0.246 e. The van der Waals surface area contributed by atoms with E-state index in [9.17, 15) is 9.18 Å². The molecule has 0 bridgehead atoms. The number of amides is 1. The summed E-state index contributed by atoms with van der Waals surface area (Å²) in [6.07, 6.45) is 8.20. The van der Waals surface area contributed by atoms with Crippen LogP contribution in [-0.2, 0) is 14.9 Å². The van der Waals surface area contributed by atoms with Gasteiger partial charge in [0.1, 0.15) is 12.4 Å². The minimum absolute atomic E-state index is 0.00813. The largest absolute Gasteiger partial charge is 0.368 e. The summed E-state index contributed by atoms with van der Waals surface area (Å²) in [5.74, 6) is -0.261. The Bertz CT molecular complexity index is 504. The van der Waals surface area contributed by atoms with Crippen LogP contribution in [0.1, 0.15) is 50.5 Å². The van der Waals surface area contributed by atoms with E-state index in [-0.39, 0.29) is 29.9 Å². The zero-order chi connectivity index (χ0) is 15.4. The Labute approximate surface area is 131 Å². The molecule has 1 amide bonds. The molecule has 2 saturated carbocycles. The monoisotopic (exact) mass is 305 g/mol. The maximum Gasteiger partial charge on any atom is 0.246 e. The van der Waals surface area contributed by atoms with Crippen LogP contribution in [-0.4, -0.2) is 25.2 Å². The molecule has 1 aromatic carbocycles. The number of nitrogens with one attached hydrogen (secondary N) is 1. The van der Waals surface area contributed by atoms with Gasteiger partial charge in [-0.3, -0.25) is 4.79 Å². The third-order valence-electron chi connectivity index (χ3n) is 4.94. The molecule has 3 nitrogen and oxygen atoms in total. The Balaban J connectivity index is 1.43. The van der Waals surface area contributed by atoms with Gasteiger partial charge in [0.05, 0.1) is 6.10 Å². The fourth-order valence-electron chi connectivity index (χ4n) is 3.27. The summed E-state index contributed by atoms with van der Waals surface area (Å²) < 4.78 is 18.7. The first-order chi connectivity index (χ1) is 10.7. The topological polar surface area (TPSA) is 38.3 Å². The number of halogens is 1. The van der Waals surface area contributed by atoms with E-state index in [1.165, 1.54) is 31.4 Å². The van der Waals surface area contributed by atoms with E-state index >= 15 is 0 Å². The number of benzene rings is 1. The predicted octanol–water partition coefficient (Wildman–Crippen LogP) is 3.32. The SMILES string of the molecule is O=C(COC1CCCCC1)NCC1(c2ccc(F)cc2)CC1. The molecule has 0 heterocycles. The summed E-state index contributed by atoms with van der Waals surface area (Å²) in [6.45, 7) is 0.773. The highest BCUT2D eigenvalue weighted by atomic mass is 19.1. The lowest BCUT2D eigenvalue weighted by atomic mass is 9.96. The molecule has 1 aromatic rings. The van der Waals surface area contributed by atoms with Crippen molar-refractivity contribution >= 4 is 5.91 Å². The molecular formula is C18H24FNO2. The van der Waals surface area contributed by atoms with Crippen molar-refractivity contribution in [2.24, 2.45) is 0 Å². The van der Waals surface area contributed by atoms with Crippen molar-refractivity contribution in [2.45, 2.75) is 56.5 Å². The van der Waals surface area contributed by atoms with Crippen LogP contribution < -0.4 is 5.32 Å². The third kappa shape index (κ3) is 3.86. The number of hydrogen-bond donors (Lipinski definition) is 1. The molecule has 1 N–H and O–H groups in total. The summed E-state index contributed by atoms with van der Waals surface area (Å²) in [4.78, 5) is 11.9. The second-order valence-electron chi connectivity index (χ2n) is 6.63. The highest BCUT2D eigenvalue weighted by Crippen LogP contribution is 2.47. The minimum Gasteiger partial charge on any atom is -0.368 e. The van der Waals surface area contributed by atoms with Crippen molar-refractivity contribution < 1.29 is 13.9 Å². The van der Waals surface area contributed by atoms with Crippen molar-refractivity contribution in [3.05, 3.63) is 35.6 Å². The van der Waals surface area contributed by atoms with Gasteiger partial charge in [-0.05, 0) is 43.4 Å². The summed E-state index contributed by atoms with van der Waals surface area (Å²) in [5.41, 5.74) is 1.12. The first-order valence-corrected chi connectivity index (χ1v) is 8.32. The highest BCUT2D eigenvalue weighted by molar-refractivity contribution is 5.77. The zero-order valence-electron chi connectivity index (χ0n) is 12.9. The molecule has 22 heavy (non-hydrogen) atoms. The van der Waals surface area contributed by atoms with E-state index < -0.39 is 0 Å². The first kappa shape index (κ1) is 15.5. The average Bonchev–Trinajstić information content (AvgIpc) is 3.34. The van der Waals surface area contributed by atoms with E-state index in [1.54, 1.807) is 0 Å². The van der Waals surface area contributed by atoms with Gasteiger partial charge in [0.15, 0.2) is 0 Å². The van der Waals surface area contributed by atoms with Crippen LogP contribution in [0.15, 0.2) is 24.3 Å². The van der Waals surface area contributed by atoms with Crippen LogP contribution in [0.2, 0.25) is 0 Å². The van der Waals surface area contributed by atoms with Crippen LogP contribution in [0, 0.1) is 5.82 Å².